The molecule has 94 valence electrons. The van der Waals surface area contributed by atoms with E-state index >= 15 is 0 Å². The van der Waals surface area contributed by atoms with Crippen molar-refractivity contribution in [2.24, 2.45) is 7.05 Å². The van der Waals surface area contributed by atoms with Crippen LogP contribution in [-0.4, -0.2) is 28.8 Å². The first kappa shape index (κ1) is 12.3. The number of aromatic nitrogens is 2. The molecule has 4 nitrogen and oxygen atoms in total. The van der Waals surface area contributed by atoms with Gasteiger partial charge < -0.3 is 4.90 Å². The van der Waals surface area contributed by atoms with Crippen molar-refractivity contribution in [1.29, 1.82) is 0 Å². The molecule has 0 N–H and O–H groups in total. The summed E-state index contributed by atoms with van der Waals surface area (Å²) in [6.07, 6.45) is 0.221. The molecule has 1 aromatic heterocycles. The number of nitrogens with zero attached hydrogens (tertiary/aromatic N) is 3. The van der Waals surface area contributed by atoms with Crippen molar-refractivity contribution in [2.45, 2.75) is 18.8 Å². The van der Waals surface area contributed by atoms with Crippen LogP contribution in [0.1, 0.15) is 12.8 Å². The van der Waals surface area contributed by atoms with Crippen LogP contribution in [0.3, 0.4) is 0 Å². The van der Waals surface area contributed by atoms with Gasteiger partial charge in [0.15, 0.2) is 5.15 Å². The number of hydrogen-bond acceptors (Lipinski definition) is 3. The van der Waals surface area contributed by atoms with E-state index in [1.165, 1.54) is 18.0 Å². The van der Waals surface area contributed by atoms with Crippen LogP contribution in [0, 0.1) is 0 Å². The van der Waals surface area contributed by atoms with Gasteiger partial charge in [-0.3, -0.25) is 4.79 Å². The van der Waals surface area contributed by atoms with Crippen molar-refractivity contribution in [2.75, 3.05) is 18.0 Å². The van der Waals surface area contributed by atoms with Gasteiger partial charge in [-0.05, 0) is 6.42 Å². The monoisotopic (exact) mass is 263 g/mol. The van der Waals surface area contributed by atoms with Crippen LogP contribution in [0.5, 0.6) is 0 Å². The predicted molar refractivity (Wildman–Crippen MR) is 60.9 cm³/mol. The van der Waals surface area contributed by atoms with Gasteiger partial charge in [0.1, 0.15) is 5.69 Å². The zero-order valence-electron chi connectivity index (χ0n) is 9.29. The summed E-state index contributed by atoms with van der Waals surface area (Å²) < 4.78 is 27.6. The van der Waals surface area contributed by atoms with E-state index in [0.717, 1.165) is 4.68 Å². The molecule has 0 atom stereocenters. The Morgan fingerprint density at radius 1 is 1.53 bits per heavy atom. The van der Waals surface area contributed by atoms with Gasteiger partial charge >= 0.3 is 0 Å². The molecule has 0 amide bonds. The first-order valence-corrected chi connectivity index (χ1v) is 5.63. The van der Waals surface area contributed by atoms with Gasteiger partial charge in [0.2, 0.25) is 0 Å². The van der Waals surface area contributed by atoms with Gasteiger partial charge in [-0.1, -0.05) is 11.6 Å². The van der Waals surface area contributed by atoms with Gasteiger partial charge in [0, 0.05) is 26.1 Å². The van der Waals surface area contributed by atoms with Crippen LogP contribution in [-0.2, 0) is 7.05 Å². The molecule has 2 rings (SSSR count). The highest BCUT2D eigenvalue weighted by Crippen LogP contribution is 2.28. The van der Waals surface area contributed by atoms with E-state index in [9.17, 15) is 13.6 Å². The molecule has 1 fully saturated rings. The Hall–Kier alpha value is -1.17. The van der Waals surface area contributed by atoms with Gasteiger partial charge in [0.25, 0.3) is 11.5 Å². The van der Waals surface area contributed by atoms with Gasteiger partial charge in [-0.25, -0.2) is 13.5 Å². The third kappa shape index (κ3) is 2.57. The second-order valence-corrected chi connectivity index (χ2v) is 4.55. The summed E-state index contributed by atoms with van der Waals surface area (Å²) >= 11 is 5.73. The molecule has 1 aromatic rings. The van der Waals surface area contributed by atoms with E-state index in [0.29, 0.717) is 13.0 Å². The first-order chi connectivity index (χ1) is 7.89. The molecule has 0 aromatic carbocycles. The standard InChI is InChI=1S/C10H12ClF2N3O/c1-15-9(17)7(5-8(11)14-15)16-4-2-3-10(12,13)6-16/h5H,2-4,6H2,1H3. The van der Waals surface area contributed by atoms with Crippen molar-refractivity contribution in [3.05, 3.63) is 21.6 Å². The van der Waals surface area contributed by atoms with E-state index in [1.807, 2.05) is 0 Å². The average molecular weight is 264 g/mol. The van der Waals surface area contributed by atoms with E-state index in [1.54, 1.807) is 0 Å². The maximum absolute atomic E-state index is 13.3. The van der Waals surface area contributed by atoms with Crippen LogP contribution < -0.4 is 10.5 Å². The van der Waals surface area contributed by atoms with Crippen LogP contribution in [0.25, 0.3) is 0 Å². The Morgan fingerprint density at radius 3 is 2.88 bits per heavy atom. The molecule has 17 heavy (non-hydrogen) atoms. The maximum atomic E-state index is 13.3. The predicted octanol–water partition coefficient (Wildman–Crippen LogP) is 1.67. The van der Waals surface area contributed by atoms with E-state index < -0.39 is 18.0 Å². The minimum absolute atomic E-state index is 0.121. The Balaban J connectivity index is 2.37. The van der Waals surface area contributed by atoms with Crippen molar-refractivity contribution < 1.29 is 8.78 Å². The smallest absolute Gasteiger partial charge is 0.290 e. The average Bonchev–Trinajstić information content (AvgIpc) is 2.22. The van der Waals surface area contributed by atoms with Gasteiger partial charge in [0.05, 0.1) is 6.54 Å². The summed E-state index contributed by atoms with van der Waals surface area (Å²) in [4.78, 5) is 13.2. The lowest BCUT2D eigenvalue weighted by Gasteiger charge is -2.33. The zero-order chi connectivity index (χ0) is 12.6. The number of anilines is 1. The quantitative estimate of drug-likeness (QED) is 0.774. The Morgan fingerprint density at radius 2 is 2.24 bits per heavy atom. The van der Waals surface area contributed by atoms with Gasteiger partial charge in [-0.2, -0.15) is 5.10 Å². The molecule has 0 bridgehead atoms. The van der Waals surface area contributed by atoms with Crippen LogP contribution in [0.15, 0.2) is 10.9 Å². The lowest BCUT2D eigenvalue weighted by molar-refractivity contribution is -0.0117. The third-order valence-corrected chi connectivity index (χ3v) is 2.93. The normalized spacial score (nSPS) is 19.4. The minimum Gasteiger partial charge on any atom is -0.361 e. The van der Waals surface area contributed by atoms with Crippen molar-refractivity contribution >= 4 is 17.3 Å². The highest BCUT2D eigenvalue weighted by Gasteiger charge is 2.36. The lowest BCUT2D eigenvalue weighted by Crippen LogP contribution is -2.45. The molecule has 0 spiro atoms. The number of halogens is 3. The summed E-state index contributed by atoms with van der Waals surface area (Å²) in [7, 11) is 1.44. The maximum Gasteiger partial charge on any atom is 0.290 e. The highest BCUT2D eigenvalue weighted by molar-refractivity contribution is 6.29. The topological polar surface area (TPSA) is 38.1 Å². The molecule has 0 aliphatic carbocycles. The molecule has 7 heteroatoms. The fourth-order valence-electron chi connectivity index (χ4n) is 1.96. The zero-order valence-corrected chi connectivity index (χ0v) is 10.0. The van der Waals surface area contributed by atoms with Crippen LogP contribution >= 0.6 is 11.6 Å². The summed E-state index contributed by atoms with van der Waals surface area (Å²) in [5, 5.41) is 3.84. The first-order valence-electron chi connectivity index (χ1n) is 5.26. The molecular weight excluding hydrogens is 252 g/mol. The molecule has 0 saturated carbocycles. The Labute approximate surface area is 102 Å². The second kappa shape index (κ2) is 4.25. The molecule has 0 radical (unpaired) electrons. The SMILES string of the molecule is Cn1nc(Cl)cc(N2CCCC(F)(F)C2)c1=O. The molecule has 1 saturated heterocycles. The second-order valence-electron chi connectivity index (χ2n) is 4.16. The largest absolute Gasteiger partial charge is 0.361 e. The highest BCUT2D eigenvalue weighted by atomic mass is 35.5. The van der Waals surface area contributed by atoms with E-state index in [2.05, 4.69) is 5.10 Å². The third-order valence-electron chi connectivity index (χ3n) is 2.75. The number of piperidine rings is 1. The molecule has 1 aliphatic rings. The Kier molecular flexibility index (Phi) is 3.07. The number of hydrogen-bond donors (Lipinski definition) is 0. The number of rotatable bonds is 1. The molecule has 0 unspecified atom stereocenters. The summed E-state index contributed by atoms with van der Waals surface area (Å²) in [6, 6.07) is 1.34. The molecular formula is C10H12ClF2N3O. The van der Waals surface area contributed by atoms with Crippen LogP contribution in [0.2, 0.25) is 5.15 Å². The lowest BCUT2D eigenvalue weighted by atomic mass is 10.1. The fraction of sp³-hybridized carbons (Fsp3) is 0.600. The summed E-state index contributed by atoms with van der Waals surface area (Å²) in [6.45, 7) is -0.00620. The number of aryl methyl sites for hydroxylation is 1. The minimum atomic E-state index is -2.75. The number of alkyl halides is 2. The van der Waals surface area contributed by atoms with E-state index in [-0.39, 0.29) is 17.3 Å². The summed E-state index contributed by atoms with van der Waals surface area (Å²) in [5.41, 5.74) is -0.223. The van der Waals surface area contributed by atoms with Crippen LogP contribution in [0.4, 0.5) is 14.5 Å². The van der Waals surface area contributed by atoms with Crippen molar-refractivity contribution in [3.63, 3.8) is 0 Å². The Bertz CT molecular complexity index is 489. The summed E-state index contributed by atoms with van der Waals surface area (Å²) in [5.74, 6) is -2.75. The van der Waals surface area contributed by atoms with E-state index in [4.69, 9.17) is 11.6 Å². The molecule has 1 aliphatic heterocycles. The molecule has 2 heterocycles. The van der Waals surface area contributed by atoms with Gasteiger partial charge in [-0.15, -0.1) is 0 Å². The van der Waals surface area contributed by atoms with Crippen molar-refractivity contribution in [1.82, 2.24) is 9.78 Å². The van der Waals surface area contributed by atoms with Crippen molar-refractivity contribution in [3.8, 4) is 0 Å². The fourth-order valence-corrected chi connectivity index (χ4v) is 2.17.